The summed E-state index contributed by atoms with van der Waals surface area (Å²) >= 11 is 0. The molecule has 0 radical (unpaired) electrons. The van der Waals surface area contributed by atoms with Gasteiger partial charge in [0.05, 0.1) is 6.20 Å². The van der Waals surface area contributed by atoms with Crippen LogP contribution in [-0.4, -0.2) is 28.9 Å². The third kappa shape index (κ3) is 3.64. The second kappa shape index (κ2) is 6.99. The molecule has 0 spiro atoms. The average Bonchev–Trinajstić information content (AvgIpc) is 3.17. The number of nitrogens with zero attached hydrogens (tertiary/aromatic N) is 3. The Morgan fingerprint density at radius 3 is 2.47 bits per heavy atom. The van der Waals surface area contributed by atoms with E-state index in [1.807, 2.05) is 30.3 Å². The van der Waals surface area contributed by atoms with E-state index in [-0.39, 0.29) is 11.3 Å². The van der Waals surface area contributed by atoms with E-state index in [1.54, 1.807) is 0 Å². The van der Waals surface area contributed by atoms with Crippen molar-refractivity contribution in [2.24, 2.45) is 0 Å². The van der Waals surface area contributed by atoms with Crippen LogP contribution in [0.25, 0.3) is 27.9 Å². The topological polar surface area (TPSA) is 104 Å². The number of fused-ring (bicyclic) bond motifs is 1. The van der Waals surface area contributed by atoms with Crippen LogP contribution in [0.1, 0.15) is 0 Å². The first kappa shape index (κ1) is 19.6. The molecule has 0 bridgehead atoms. The second-order valence-corrected chi connectivity index (χ2v) is 7.55. The van der Waals surface area contributed by atoms with Gasteiger partial charge in [-0.3, -0.25) is 0 Å². The van der Waals surface area contributed by atoms with Gasteiger partial charge < -0.3 is 8.60 Å². The van der Waals surface area contributed by atoms with E-state index >= 15 is 0 Å². The summed E-state index contributed by atoms with van der Waals surface area (Å²) in [4.78, 5) is 12.3. The van der Waals surface area contributed by atoms with Crippen molar-refractivity contribution in [1.82, 2.24) is 15.0 Å². The molecule has 12 heteroatoms. The summed E-state index contributed by atoms with van der Waals surface area (Å²) < 4.78 is 70.0. The van der Waals surface area contributed by atoms with Crippen molar-refractivity contribution in [3.05, 3.63) is 71.2 Å². The Kier molecular flexibility index (Phi) is 4.57. The molecule has 30 heavy (non-hydrogen) atoms. The van der Waals surface area contributed by atoms with Gasteiger partial charge in [-0.1, -0.05) is 35.5 Å². The van der Waals surface area contributed by atoms with Crippen molar-refractivity contribution >= 4 is 21.1 Å². The van der Waals surface area contributed by atoms with Crippen LogP contribution in [0.2, 0.25) is 0 Å². The molecular weight excluding hydrogens is 427 g/mol. The van der Waals surface area contributed by atoms with Gasteiger partial charge in [0.15, 0.2) is 5.69 Å². The zero-order chi connectivity index (χ0) is 21.5. The number of rotatable bonds is 4. The van der Waals surface area contributed by atoms with Gasteiger partial charge in [0.25, 0.3) is 0 Å². The van der Waals surface area contributed by atoms with E-state index in [2.05, 4.69) is 14.5 Å². The second-order valence-electron chi connectivity index (χ2n) is 6.02. The minimum absolute atomic E-state index is 0.00811. The number of hydrogen-bond acceptors (Lipinski definition) is 7. The molecule has 4 aromatic rings. The Bertz CT molecular complexity index is 1400. The maximum atomic E-state index is 12.5. The molecule has 0 atom stereocenters. The van der Waals surface area contributed by atoms with Crippen LogP contribution >= 0.6 is 0 Å². The molecule has 0 saturated carbocycles. The lowest BCUT2D eigenvalue weighted by Gasteiger charge is -2.09. The molecule has 0 unspecified atom stereocenters. The molecule has 0 aliphatic rings. The Balaban J connectivity index is 1.70. The smallest absolute Gasteiger partial charge is 0.421 e. The molecule has 0 fully saturated rings. The molecule has 4 rings (SSSR count). The first-order valence-corrected chi connectivity index (χ1v) is 9.62. The highest BCUT2D eigenvalue weighted by molar-refractivity contribution is 7.88. The largest absolute Gasteiger partial charge is 0.534 e. The number of benzene rings is 2. The maximum absolute atomic E-state index is 12.5. The summed E-state index contributed by atoms with van der Waals surface area (Å²) in [5.74, 6) is -0.650. The van der Waals surface area contributed by atoms with Crippen molar-refractivity contribution in [3.8, 4) is 22.7 Å². The van der Waals surface area contributed by atoms with Crippen LogP contribution < -0.4 is 9.81 Å². The van der Waals surface area contributed by atoms with Gasteiger partial charge in [-0.15, -0.1) is 5.10 Å². The van der Waals surface area contributed by atoms with Crippen LogP contribution in [0, 0.1) is 0 Å². The molecule has 2 aromatic heterocycles. The van der Waals surface area contributed by atoms with E-state index < -0.39 is 27.0 Å². The van der Waals surface area contributed by atoms with E-state index in [0.717, 1.165) is 17.7 Å². The summed E-state index contributed by atoms with van der Waals surface area (Å²) in [5, 5.41) is 8.21. The number of hydrogen-bond donors (Lipinski definition) is 0. The van der Waals surface area contributed by atoms with Gasteiger partial charge >= 0.3 is 21.3 Å². The summed E-state index contributed by atoms with van der Waals surface area (Å²) in [7, 11) is -5.85. The quantitative estimate of drug-likeness (QED) is 0.274. The Morgan fingerprint density at radius 2 is 1.77 bits per heavy atom. The summed E-state index contributed by atoms with van der Waals surface area (Å²) in [5.41, 5.74) is -5.31. The first-order valence-electron chi connectivity index (χ1n) is 8.21. The third-order valence-electron chi connectivity index (χ3n) is 3.99. The predicted molar refractivity (Wildman–Crippen MR) is 98.4 cm³/mol. The molecule has 154 valence electrons. The SMILES string of the molecule is O=c1oc2cc(OS(=O)(=O)C(F)(F)F)ccc2cc1-n1cc(-c2ccccc2)nn1. The van der Waals surface area contributed by atoms with Gasteiger partial charge in [0, 0.05) is 17.0 Å². The molecule has 0 saturated heterocycles. The summed E-state index contributed by atoms with van der Waals surface area (Å²) in [6, 6.07) is 13.6. The van der Waals surface area contributed by atoms with Crippen molar-refractivity contribution in [3.63, 3.8) is 0 Å². The highest BCUT2D eigenvalue weighted by Gasteiger charge is 2.48. The lowest BCUT2D eigenvalue weighted by Crippen LogP contribution is -2.28. The zero-order valence-corrected chi connectivity index (χ0v) is 15.5. The monoisotopic (exact) mass is 437 g/mol. The van der Waals surface area contributed by atoms with E-state index in [0.29, 0.717) is 11.1 Å². The predicted octanol–water partition coefficient (Wildman–Crippen LogP) is 3.27. The number of aromatic nitrogens is 3. The maximum Gasteiger partial charge on any atom is 0.534 e. The Hall–Kier alpha value is -3.67. The molecule has 0 N–H and O–H groups in total. The van der Waals surface area contributed by atoms with Gasteiger partial charge in [-0.25, -0.2) is 9.48 Å². The molecule has 8 nitrogen and oxygen atoms in total. The molecule has 0 aliphatic carbocycles. The number of halogens is 3. The lowest BCUT2D eigenvalue weighted by atomic mass is 10.2. The average molecular weight is 437 g/mol. The molecule has 0 aliphatic heterocycles. The van der Waals surface area contributed by atoms with Crippen molar-refractivity contribution in [1.29, 1.82) is 0 Å². The van der Waals surface area contributed by atoms with E-state index in [9.17, 15) is 26.4 Å². The van der Waals surface area contributed by atoms with Crippen LogP contribution in [0.4, 0.5) is 13.2 Å². The van der Waals surface area contributed by atoms with Gasteiger partial charge in [-0.2, -0.15) is 21.6 Å². The fourth-order valence-electron chi connectivity index (χ4n) is 2.59. The van der Waals surface area contributed by atoms with Crippen LogP contribution in [-0.2, 0) is 10.1 Å². The van der Waals surface area contributed by atoms with Gasteiger partial charge in [0.1, 0.15) is 17.0 Å². The van der Waals surface area contributed by atoms with Crippen molar-refractivity contribution < 1.29 is 30.2 Å². The fraction of sp³-hybridized carbons (Fsp3) is 0.0556. The van der Waals surface area contributed by atoms with Crippen molar-refractivity contribution in [2.45, 2.75) is 5.51 Å². The highest BCUT2D eigenvalue weighted by Crippen LogP contribution is 2.29. The minimum Gasteiger partial charge on any atom is -0.421 e. The van der Waals surface area contributed by atoms with Crippen molar-refractivity contribution in [2.75, 3.05) is 0 Å². The molecule has 0 amide bonds. The standard InChI is InChI=1S/C18H10F3N3O5S/c19-18(20,21)30(26,27)29-13-7-6-12-8-15(17(25)28-16(12)9-13)24-10-14(22-23-24)11-4-2-1-3-5-11/h1-10H. The molecular formula is C18H10F3N3O5S. The molecule has 2 heterocycles. The normalized spacial score (nSPS) is 12.2. The number of alkyl halides is 3. The Morgan fingerprint density at radius 1 is 1.03 bits per heavy atom. The highest BCUT2D eigenvalue weighted by atomic mass is 32.2. The lowest BCUT2D eigenvalue weighted by molar-refractivity contribution is -0.0500. The summed E-state index contributed by atoms with van der Waals surface area (Å²) in [6.45, 7) is 0. The van der Waals surface area contributed by atoms with Crippen LogP contribution in [0.15, 0.2) is 70.0 Å². The summed E-state index contributed by atoms with van der Waals surface area (Å²) in [6.07, 6.45) is 1.51. The van der Waals surface area contributed by atoms with Gasteiger partial charge in [0.2, 0.25) is 0 Å². The first-order chi connectivity index (χ1) is 14.1. The van der Waals surface area contributed by atoms with Crippen LogP contribution in [0.3, 0.4) is 0 Å². The Labute approximate surface area is 166 Å². The zero-order valence-electron chi connectivity index (χ0n) is 14.7. The van der Waals surface area contributed by atoms with E-state index in [1.165, 1.54) is 23.0 Å². The minimum atomic E-state index is -5.85. The van der Waals surface area contributed by atoms with Crippen LogP contribution in [0.5, 0.6) is 5.75 Å². The molecule has 2 aromatic carbocycles. The fourth-order valence-corrected chi connectivity index (χ4v) is 3.04. The van der Waals surface area contributed by atoms with E-state index in [4.69, 9.17) is 4.42 Å². The third-order valence-corrected chi connectivity index (χ3v) is 4.97. The van der Waals surface area contributed by atoms with Gasteiger partial charge in [-0.05, 0) is 18.2 Å².